The van der Waals surface area contributed by atoms with E-state index in [1.165, 1.54) is 244 Å². The van der Waals surface area contributed by atoms with Crippen LogP contribution in [0.3, 0.4) is 0 Å². The van der Waals surface area contributed by atoms with Crippen LogP contribution in [-0.4, -0.2) is 49.3 Å². The fourth-order valence-electron chi connectivity index (χ4n) is 10.2. The molecular formula is C69H130NO8P. The fraction of sp³-hybridized carbons (Fsp3) is 0.855. The van der Waals surface area contributed by atoms with Crippen LogP contribution in [0.5, 0.6) is 0 Å². The molecule has 0 spiro atoms. The van der Waals surface area contributed by atoms with Crippen molar-refractivity contribution in [2.75, 3.05) is 26.4 Å². The predicted octanol–water partition coefficient (Wildman–Crippen LogP) is 22.1. The first-order valence-electron chi connectivity index (χ1n) is 34.1. The molecule has 0 saturated carbocycles. The third kappa shape index (κ3) is 65.0. The number of allylic oxidation sites excluding steroid dienone is 8. The van der Waals surface area contributed by atoms with E-state index < -0.39 is 26.5 Å². The Morgan fingerprint density at radius 3 is 1.04 bits per heavy atom. The Kier molecular flexibility index (Phi) is 63.5. The van der Waals surface area contributed by atoms with Crippen molar-refractivity contribution in [1.82, 2.24) is 0 Å². The number of esters is 2. The third-order valence-electron chi connectivity index (χ3n) is 15.2. The predicted molar refractivity (Wildman–Crippen MR) is 340 cm³/mol. The van der Waals surface area contributed by atoms with Crippen molar-refractivity contribution in [2.45, 2.75) is 354 Å². The first-order chi connectivity index (χ1) is 38.8. The largest absolute Gasteiger partial charge is 0.472 e. The summed E-state index contributed by atoms with van der Waals surface area (Å²) in [5.41, 5.74) is 5.39. The van der Waals surface area contributed by atoms with E-state index in [2.05, 4.69) is 62.5 Å². The average Bonchev–Trinajstić information content (AvgIpc) is 3.44. The number of unbranched alkanes of at least 4 members (excludes halogenated alkanes) is 44. The first kappa shape index (κ1) is 77.0. The number of carbonyl (C=O) groups is 2. The van der Waals surface area contributed by atoms with Crippen LogP contribution in [0.1, 0.15) is 348 Å². The number of phosphoric acid groups is 1. The van der Waals surface area contributed by atoms with Crippen molar-refractivity contribution in [3.8, 4) is 0 Å². The first-order valence-corrected chi connectivity index (χ1v) is 35.6. The maximum Gasteiger partial charge on any atom is 0.472 e. The van der Waals surface area contributed by atoms with E-state index in [9.17, 15) is 19.0 Å². The quantitative estimate of drug-likeness (QED) is 0.0264. The van der Waals surface area contributed by atoms with Crippen LogP contribution in [-0.2, 0) is 32.7 Å². The van der Waals surface area contributed by atoms with Gasteiger partial charge in [-0.05, 0) is 51.4 Å². The number of carbonyl (C=O) groups excluding carboxylic acids is 2. The van der Waals surface area contributed by atoms with Gasteiger partial charge in [0, 0.05) is 19.4 Å². The molecule has 0 aliphatic heterocycles. The third-order valence-corrected chi connectivity index (χ3v) is 16.2. The second-order valence-electron chi connectivity index (χ2n) is 23.0. The lowest BCUT2D eigenvalue weighted by Crippen LogP contribution is -2.29. The van der Waals surface area contributed by atoms with Crippen molar-refractivity contribution in [3.05, 3.63) is 48.6 Å². The van der Waals surface area contributed by atoms with Gasteiger partial charge in [0.15, 0.2) is 6.10 Å². The van der Waals surface area contributed by atoms with Crippen molar-refractivity contribution in [2.24, 2.45) is 5.73 Å². The molecule has 0 aromatic rings. The Labute approximate surface area is 489 Å². The van der Waals surface area contributed by atoms with E-state index in [-0.39, 0.29) is 38.6 Å². The zero-order valence-corrected chi connectivity index (χ0v) is 53.0. The lowest BCUT2D eigenvalue weighted by atomic mass is 10.0. The van der Waals surface area contributed by atoms with Gasteiger partial charge in [-0.3, -0.25) is 18.6 Å². The summed E-state index contributed by atoms with van der Waals surface area (Å²) in [6, 6.07) is 0. The normalized spacial score (nSPS) is 13.2. The summed E-state index contributed by atoms with van der Waals surface area (Å²) in [5, 5.41) is 0. The number of ether oxygens (including phenoxy) is 2. The molecule has 10 heteroatoms. The standard InChI is InChI=1S/C69H130NO8P/c1-3-5-7-9-11-13-15-17-19-21-23-25-26-27-28-29-30-31-32-33-34-35-36-37-38-39-40-42-43-45-47-49-51-53-55-57-59-61-68(71)75-65-67(66-77-79(73,74)76-64-63-70)78-69(72)62-60-58-56-54-52-50-48-46-44-41-24-22-20-18-16-14-12-10-8-6-4-2/h6,8,12,14,18,20,24,41,67H,3-5,7,9-11,13,15-17,19,21-23,25-40,42-66,70H2,1-2H3,(H,73,74)/b8-6-,14-12-,20-18-,41-24-. The van der Waals surface area contributed by atoms with Crippen LogP contribution < -0.4 is 5.73 Å². The molecule has 0 rings (SSSR count). The Bertz CT molecular complexity index is 1430. The molecule has 79 heavy (non-hydrogen) atoms. The van der Waals surface area contributed by atoms with E-state index in [0.717, 1.165) is 70.6 Å². The number of hydrogen-bond acceptors (Lipinski definition) is 8. The van der Waals surface area contributed by atoms with Crippen LogP contribution in [0.4, 0.5) is 0 Å². The molecule has 0 radical (unpaired) electrons. The van der Waals surface area contributed by atoms with Gasteiger partial charge in [0.25, 0.3) is 0 Å². The van der Waals surface area contributed by atoms with Gasteiger partial charge in [0.2, 0.25) is 0 Å². The Balaban J connectivity index is 3.78. The van der Waals surface area contributed by atoms with Crippen LogP contribution in [0.25, 0.3) is 0 Å². The molecular weight excluding hydrogens is 1000 g/mol. The highest BCUT2D eigenvalue weighted by Crippen LogP contribution is 2.43. The highest BCUT2D eigenvalue weighted by atomic mass is 31.2. The summed E-state index contributed by atoms with van der Waals surface area (Å²) in [6.45, 7) is 3.68. The lowest BCUT2D eigenvalue weighted by molar-refractivity contribution is -0.161. The minimum atomic E-state index is -4.39. The van der Waals surface area contributed by atoms with Gasteiger partial charge >= 0.3 is 19.8 Å². The van der Waals surface area contributed by atoms with E-state index in [4.69, 9.17) is 24.3 Å². The van der Waals surface area contributed by atoms with E-state index >= 15 is 0 Å². The van der Waals surface area contributed by atoms with Gasteiger partial charge in [-0.15, -0.1) is 0 Å². The Hall–Kier alpha value is -2.03. The van der Waals surface area contributed by atoms with Crippen LogP contribution in [0.15, 0.2) is 48.6 Å². The van der Waals surface area contributed by atoms with Gasteiger partial charge in [-0.25, -0.2) is 4.57 Å². The average molecular weight is 1130 g/mol. The minimum Gasteiger partial charge on any atom is -0.462 e. The molecule has 0 aromatic heterocycles. The zero-order valence-electron chi connectivity index (χ0n) is 52.1. The van der Waals surface area contributed by atoms with E-state index in [0.29, 0.717) is 6.42 Å². The van der Waals surface area contributed by atoms with Crippen LogP contribution in [0.2, 0.25) is 0 Å². The van der Waals surface area contributed by atoms with Gasteiger partial charge in [0.05, 0.1) is 13.2 Å². The molecule has 9 nitrogen and oxygen atoms in total. The summed E-state index contributed by atoms with van der Waals surface area (Å²) < 4.78 is 33.1. The molecule has 0 aromatic carbocycles. The number of phosphoric ester groups is 1. The van der Waals surface area contributed by atoms with Gasteiger partial charge < -0.3 is 20.1 Å². The van der Waals surface area contributed by atoms with Gasteiger partial charge in [-0.2, -0.15) is 0 Å². The minimum absolute atomic E-state index is 0.0520. The van der Waals surface area contributed by atoms with Gasteiger partial charge in [0.1, 0.15) is 6.61 Å². The van der Waals surface area contributed by atoms with Crippen molar-refractivity contribution in [1.29, 1.82) is 0 Å². The summed E-state index contributed by atoms with van der Waals surface area (Å²) in [5.74, 6) is -0.823. The van der Waals surface area contributed by atoms with E-state index in [1.54, 1.807) is 0 Å². The molecule has 3 N–H and O–H groups in total. The molecule has 2 atom stereocenters. The number of nitrogens with two attached hydrogens (primary N) is 1. The number of rotatable bonds is 65. The van der Waals surface area contributed by atoms with Crippen molar-refractivity contribution in [3.63, 3.8) is 0 Å². The monoisotopic (exact) mass is 1130 g/mol. The molecule has 464 valence electrons. The molecule has 0 aliphatic rings. The molecule has 0 saturated heterocycles. The van der Waals surface area contributed by atoms with Crippen LogP contribution in [0, 0.1) is 0 Å². The summed E-state index contributed by atoms with van der Waals surface area (Å²) in [6.07, 6.45) is 82.2. The second-order valence-corrected chi connectivity index (χ2v) is 24.5. The highest BCUT2D eigenvalue weighted by Gasteiger charge is 2.26. The maximum absolute atomic E-state index is 12.7. The molecule has 0 amide bonds. The summed E-state index contributed by atoms with van der Waals surface area (Å²) in [7, 11) is -4.39. The van der Waals surface area contributed by atoms with Crippen LogP contribution >= 0.6 is 7.82 Å². The Morgan fingerprint density at radius 1 is 0.392 bits per heavy atom. The smallest absolute Gasteiger partial charge is 0.462 e. The molecule has 0 bridgehead atoms. The second kappa shape index (κ2) is 65.1. The SMILES string of the molecule is CC/C=C\C/C=C\C/C=C\C/C=C\CCCCCCCCCCC(=O)OC(COC(=O)CCCCCCCCCCCCCCCCCCCCCCCCCCCCCCCCCCCCCCC)COP(=O)(O)OCCN. The molecule has 2 unspecified atom stereocenters. The van der Waals surface area contributed by atoms with Gasteiger partial charge in [-0.1, -0.05) is 332 Å². The summed E-state index contributed by atoms with van der Waals surface area (Å²) in [4.78, 5) is 35.3. The molecule has 0 heterocycles. The topological polar surface area (TPSA) is 134 Å². The van der Waals surface area contributed by atoms with E-state index in [1.807, 2.05) is 0 Å². The summed E-state index contributed by atoms with van der Waals surface area (Å²) >= 11 is 0. The Morgan fingerprint density at radius 2 is 0.696 bits per heavy atom. The van der Waals surface area contributed by atoms with Crippen molar-refractivity contribution < 1.29 is 37.6 Å². The molecule has 0 fully saturated rings. The highest BCUT2D eigenvalue weighted by molar-refractivity contribution is 7.47. The molecule has 0 aliphatic carbocycles. The maximum atomic E-state index is 12.7. The lowest BCUT2D eigenvalue weighted by Gasteiger charge is -2.19. The van der Waals surface area contributed by atoms with Crippen molar-refractivity contribution >= 4 is 19.8 Å². The number of hydrogen-bond donors (Lipinski definition) is 2. The zero-order chi connectivity index (χ0) is 57.3. The fourth-order valence-corrected chi connectivity index (χ4v) is 11.0.